The zero-order valence-corrected chi connectivity index (χ0v) is 10.8. The van der Waals surface area contributed by atoms with E-state index in [0.29, 0.717) is 22.5 Å². The molecule has 2 heterocycles. The first kappa shape index (κ1) is 12.5. The second-order valence-corrected chi connectivity index (χ2v) is 5.59. The average Bonchev–Trinajstić information content (AvgIpc) is 2.94. The highest BCUT2D eigenvalue weighted by Crippen LogP contribution is 2.44. The summed E-state index contributed by atoms with van der Waals surface area (Å²) in [5, 5.41) is 0. The Labute approximate surface area is 118 Å². The molecule has 0 amide bonds. The lowest BCUT2D eigenvalue weighted by molar-refractivity contribution is -0.138. The Kier molecular flexibility index (Phi) is 2.21. The highest BCUT2D eigenvalue weighted by Gasteiger charge is 2.33. The number of thiazole rings is 1. The Morgan fingerprint density at radius 2 is 1.95 bits per heavy atom. The highest BCUT2D eigenvalue weighted by molar-refractivity contribution is 7.16. The van der Waals surface area contributed by atoms with Gasteiger partial charge in [-0.25, -0.2) is 13.9 Å². The third-order valence-electron chi connectivity index (χ3n) is 3.27. The lowest BCUT2D eigenvalue weighted by Crippen LogP contribution is -2.15. The first-order chi connectivity index (χ1) is 9.86. The summed E-state index contributed by atoms with van der Waals surface area (Å²) in [7, 11) is 0. The molecule has 2 aliphatic carbocycles. The molecule has 0 spiro atoms. The molecule has 2 aromatic heterocycles. The van der Waals surface area contributed by atoms with E-state index in [1.807, 2.05) is 6.07 Å². The zero-order valence-electron chi connectivity index (χ0n) is 10.0. The van der Waals surface area contributed by atoms with E-state index in [0.717, 1.165) is 27.0 Å². The Bertz CT molecular complexity index is 971. The van der Waals surface area contributed by atoms with Crippen molar-refractivity contribution in [2.75, 3.05) is 0 Å². The molecule has 4 rings (SSSR count). The third-order valence-corrected chi connectivity index (χ3v) is 4.16. The van der Waals surface area contributed by atoms with Gasteiger partial charge in [-0.3, -0.25) is 4.79 Å². The molecule has 0 radical (unpaired) electrons. The van der Waals surface area contributed by atoms with Crippen molar-refractivity contribution in [1.82, 2.24) is 9.55 Å². The summed E-state index contributed by atoms with van der Waals surface area (Å²) in [5.41, 5.74) is 1.08. The first-order valence-electron chi connectivity index (χ1n) is 5.79. The number of hydrogen-bond acceptors (Lipinski definition) is 3. The van der Waals surface area contributed by atoms with Gasteiger partial charge in [-0.15, -0.1) is 0 Å². The summed E-state index contributed by atoms with van der Waals surface area (Å²) in [6.07, 6.45) is -4.15. The van der Waals surface area contributed by atoms with Gasteiger partial charge in [0, 0.05) is 11.8 Å². The van der Waals surface area contributed by atoms with Crippen molar-refractivity contribution in [3.63, 3.8) is 0 Å². The number of fused-ring (bicyclic) bond motifs is 3. The second-order valence-electron chi connectivity index (χ2n) is 4.60. The zero-order chi connectivity index (χ0) is 14.9. The number of pyridine rings is 1. The molecule has 0 fully saturated rings. The topological polar surface area (TPSA) is 34.9 Å². The van der Waals surface area contributed by atoms with Crippen LogP contribution in [-0.2, 0) is 6.18 Å². The molecule has 106 valence electrons. The van der Waals surface area contributed by atoms with Crippen LogP contribution in [0.15, 0.2) is 29.2 Å². The van der Waals surface area contributed by atoms with E-state index in [2.05, 4.69) is 4.98 Å². The van der Waals surface area contributed by atoms with E-state index in [1.54, 1.807) is 6.07 Å². The molecule has 21 heavy (non-hydrogen) atoms. The molecule has 0 bridgehead atoms. The van der Waals surface area contributed by atoms with Crippen LogP contribution in [0.5, 0.6) is 0 Å². The van der Waals surface area contributed by atoms with Gasteiger partial charge in [0.05, 0.1) is 15.8 Å². The fraction of sp³-hybridized carbons (Fsp3) is 0.0769. The van der Waals surface area contributed by atoms with Gasteiger partial charge in [-0.1, -0.05) is 11.3 Å². The summed E-state index contributed by atoms with van der Waals surface area (Å²) in [5.74, 6) is -1.59. The van der Waals surface area contributed by atoms with Crippen molar-refractivity contribution in [1.29, 1.82) is 0 Å². The lowest BCUT2D eigenvalue weighted by Gasteiger charge is -2.08. The molecular formula is C13H4F4N2OS. The van der Waals surface area contributed by atoms with Gasteiger partial charge in [-0.05, 0) is 23.8 Å². The summed E-state index contributed by atoms with van der Waals surface area (Å²) in [6, 6.07) is 3.95. The van der Waals surface area contributed by atoms with Crippen LogP contribution < -0.4 is 4.87 Å². The highest BCUT2D eigenvalue weighted by atomic mass is 32.1. The molecule has 0 unspecified atom stereocenters. The predicted octanol–water partition coefficient (Wildman–Crippen LogP) is 3.59. The summed E-state index contributed by atoms with van der Waals surface area (Å²) < 4.78 is 53.2. The lowest BCUT2D eigenvalue weighted by atomic mass is 10.2. The fourth-order valence-electron chi connectivity index (χ4n) is 2.27. The normalized spacial score (nSPS) is 13.0. The van der Waals surface area contributed by atoms with Crippen LogP contribution in [0, 0.1) is 5.82 Å². The van der Waals surface area contributed by atoms with Crippen LogP contribution in [0.4, 0.5) is 17.6 Å². The minimum atomic E-state index is -4.68. The molecule has 0 aromatic carbocycles. The van der Waals surface area contributed by atoms with Crippen LogP contribution in [0.25, 0.3) is 27.2 Å². The molecule has 2 aromatic rings. The van der Waals surface area contributed by atoms with Crippen LogP contribution in [0.1, 0.15) is 5.56 Å². The monoisotopic (exact) mass is 312 g/mol. The van der Waals surface area contributed by atoms with E-state index < -0.39 is 28.2 Å². The minimum absolute atomic E-state index is 0.351. The molecule has 3 nitrogen and oxygen atoms in total. The van der Waals surface area contributed by atoms with Crippen molar-refractivity contribution < 1.29 is 17.6 Å². The van der Waals surface area contributed by atoms with Gasteiger partial charge in [0.2, 0.25) is 0 Å². The largest absolute Gasteiger partial charge is 0.417 e. The summed E-state index contributed by atoms with van der Waals surface area (Å²) in [4.78, 5) is 15.0. The van der Waals surface area contributed by atoms with Gasteiger partial charge in [0.25, 0.3) is 0 Å². The molecule has 8 heteroatoms. The van der Waals surface area contributed by atoms with E-state index >= 15 is 0 Å². The van der Waals surface area contributed by atoms with Crippen molar-refractivity contribution in [3.8, 4) is 16.9 Å². The molecular weight excluding hydrogens is 308 g/mol. The van der Waals surface area contributed by atoms with Crippen LogP contribution in [-0.4, -0.2) is 9.55 Å². The van der Waals surface area contributed by atoms with Crippen molar-refractivity contribution in [2.45, 2.75) is 6.18 Å². The Balaban J connectivity index is 1.96. The first-order valence-corrected chi connectivity index (χ1v) is 6.61. The number of alkyl halides is 3. The van der Waals surface area contributed by atoms with Crippen LogP contribution in [0.2, 0.25) is 0 Å². The molecule has 2 aliphatic rings. The average molecular weight is 312 g/mol. The van der Waals surface area contributed by atoms with Gasteiger partial charge in [0.15, 0.2) is 11.6 Å². The smallest absolute Gasteiger partial charge is 0.256 e. The van der Waals surface area contributed by atoms with Gasteiger partial charge in [0.1, 0.15) is 0 Å². The van der Waals surface area contributed by atoms with Crippen molar-refractivity contribution in [2.24, 2.45) is 0 Å². The SMILES string of the molecule is O=c1sc2cc3cc-3c2n1-c1ncc(C(F)(F)F)cc1F. The van der Waals surface area contributed by atoms with E-state index in [9.17, 15) is 22.4 Å². The molecule has 0 N–H and O–H groups in total. The fourth-order valence-corrected chi connectivity index (χ4v) is 3.21. The van der Waals surface area contributed by atoms with Crippen molar-refractivity contribution in [3.05, 3.63) is 45.4 Å². The number of halogens is 4. The summed E-state index contributed by atoms with van der Waals surface area (Å²) in [6.45, 7) is 0. The quantitative estimate of drug-likeness (QED) is 0.504. The number of aromatic nitrogens is 2. The molecule has 0 atom stereocenters. The van der Waals surface area contributed by atoms with Crippen LogP contribution in [0.3, 0.4) is 0 Å². The molecule has 0 saturated heterocycles. The standard InChI is InChI=1S/C13H4F4N2OS/c14-8-3-6(13(15,16)17)4-18-11(8)19-10-7-1-5(7)2-9(10)21-12(19)20/h1-4H. The van der Waals surface area contributed by atoms with Gasteiger partial charge >= 0.3 is 11.0 Å². The maximum Gasteiger partial charge on any atom is 0.417 e. The number of hydrogen-bond donors (Lipinski definition) is 0. The van der Waals surface area contributed by atoms with Crippen molar-refractivity contribution >= 4 is 21.6 Å². The Hall–Kier alpha value is -2.22. The number of benzene rings is 1. The number of nitrogens with zero attached hydrogens (tertiary/aromatic N) is 2. The molecule has 0 saturated carbocycles. The van der Waals surface area contributed by atoms with E-state index in [1.165, 1.54) is 0 Å². The van der Waals surface area contributed by atoms with E-state index in [4.69, 9.17) is 0 Å². The minimum Gasteiger partial charge on any atom is -0.256 e. The van der Waals surface area contributed by atoms with Gasteiger partial charge in [-0.2, -0.15) is 13.2 Å². The van der Waals surface area contributed by atoms with Crippen LogP contribution >= 0.6 is 11.3 Å². The molecule has 0 aliphatic heterocycles. The predicted molar refractivity (Wildman–Crippen MR) is 69.2 cm³/mol. The Morgan fingerprint density at radius 1 is 1.19 bits per heavy atom. The third kappa shape index (κ3) is 1.72. The second kappa shape index (κ2) is 3.70. The number of rotatable bonds is 1. The maximum atomic E-state index is 14.0. The summed E-state index contributed by atoms with van der Waals surface area (Å²) >= 11 is 0.912. The maximum absolute atomic E-state index is 14.0. The Morgan fingerprint density at radius 3 is 2.62 bits per heavy atom. The van der Waals surface area contributed by atoms with E-state index in [-0.39, 0.29) is 0 Å². The van der Waals surface area contributed by atoms with Gasteiger partial charge < -0.3 is 0 Å².